The molecule has 0 amide bonds. The predicted molar refractivity (Wildman–Crippen MR) is 115 cm³/mol. The highest BCUT2D eigenvalue weighted by atomic mass is 35.5. The first-order valence-corrected chi connectivity index (χ1v) is 10.1. The van der Waals surface area contributed by atoms with Crippen LogP contribution >= 0.6 is 23.2 Å². The van der Waals surface area contributed by atoms with Crippen LogP contribution in [0, 0.1) is 0 Å². The summed E-state index contributed by atoms with van der Waals surface area (Å²) in [6.07, 6.45) is -1.81. The smallest absolute Gasteiger partial charge is 0.418 e. The third-order valence-corrected chi connectivity index (χ3v) is 5.25. The van der Waals surface area contributed by atoms with Gasteiger partial charge < -0.3 is 4.74 Å². The number of benzene rings is 2. The van der Waals surface area contributed by atoms with E-state index < -0.39 is 17.7 Å². The molecule has 0 atom stereocenters. The van der Waals surface area contributed by atoms with E-state index in [1.165, 1.54) is 41.3 Å². The highest BCUT2D eigenvalue weighted by Crippen LogP contribution is 2.37. The van der Waals surface area contributed by atoms with Crippen LogP contribution < -0.4 is 0 Å². The van der Waals surface area contributed by atoms with Gasteiger partial charge in [0.25, 0.3) is 0 Å². The summed E-state index contributed by atoms with van der Waals surface area (Å²) in [6, 6.07) is 10.0. The van der Waals surface area contributed by atoms with E-state index in [1.54, 1.807) is 19.1 Å². The Hall–Kier alpha value is -3.10. The Kier molecular flexibility index (Phi) is 5.83. The molecule has 0 unspecified atom stereocenters. The molecule has 2 aromatic heterocycles. The number of ether oxygens (including phenoxy) is 1. The number of fused-ring (bicyclic) bond motifs is 1. The molecule has 0 radical (unpaired) electrons. The fourth-order valence-electron chi connectivity index (χ4n) is 3.34. The summed E-state index contributed by atoms with van der Waals surface area (Å²) in [5, 5.41) is 5.22. The zero-order valence-corrected chi connectivity index (χ0v) is 18.0. The maximum atomic E-state index is 13.5. The van der Waals surface area contributed by atoms with Gasteiger partial charge in [-0.2, -0.15) is 18.3 Å². The highest BCUT2D eigenvalue weighted by Gasteiger charge is 2.33. The van der Waals surface area contributed by atoms with Crippen molar-refractivity contribution in [1.29, 1.82) is 0 Å². The van der Waals surface area contributed by atoms with E-state index in [0.717, 1.165) is 6.07 Å². The van der Waals surface area contributed by atoms with Crippen molar-refractivity contribution >= 4 is 40.1 Å². The van der Waals surface area contributed by atoms with Crippen LogP contribution in [0.1, 0.15) is 23.0 Å². The van der Waals surface area contributed by atoms with Crippen LogP contribution in [0.25, 0.3) is 27.7 Å². The van der Waals surface area contributed by atoms with Crippen molar-refractivity contribution in [3.8, 4) is 16.8 Å². The second kappa shape index (κ2) is 8.44. The summed E-state index contributed by atoms with van der Waals surface area (Å²) in [6.45, 7) is 1.77. The lowest BCUT2D eigenvalue weighted by molar-refractivity contribution is -0.136. The van der Waals surface area contributed by atoms with Crippen LogP contribution in [-0.4, -0.2) is 27.3 Å². The van der Waals surface area contributed by atoms with Crippen LogP contribution in [0.3, 0.4) is 0 Å². The molecule has 4 aromatic rings. The minimum absolute atomic E-state index is 0.0342. The molecule has 164 valence electrons. The summed E-state index contributed by atoms with van der Waals surface area (Å²) in [7, 11) is 0. The Morgan fingerprint density at radius 2 is 1.91 bits per heavy atom. The second-order valence-corrected chi connectivity index (χ2v) is 7.55. The van der Waals surface area contributed by atoms with Gasteiger partial charge in [-0.1, -0.05) is 41.4 Å². The zero-order chi connectivity index (χ0) is 23.0. The third-order valence-electron chi connectivity index (χ3n) is 4.70. The number of alkyl halides is 3. The van der Waals surface area contributed by atoms with Crippen LogP contribution in [0.4, 0.5) is 13.2 Å². The van der Waals surface area contributed by atoms with Crippen molar-refractivity contribution in [1.82, 2.24) is 14.8 Å². The summed E-state index contributed by atoms with van der Waals surface area (Å²) in [5.41, 5.74) is 0.00473. The van der Waals surface area contributed by atoms with E-state index in [2.05, 4.69) is 10.1 Å². The molecule has 5 nitrogen and oxygen atoms in total. The van der Waals surface area contributed by atoms with Gasteiger partial charge >= 0.3 is 12.1 Å². The molecule has 0 aliphatic heterocycles. The number of hydrogen-bond acceptors (Lipinski definition) is 4. The molecular weight excluding hydrogens is 466 g/mol. The summed E-state index contributed by atoms with van der Waals surface area (Å²) < 4.78 is 46.8. The topological polar surface area (TPSA) is 57.0 Å². The average molecular weight is 480 g/mol. The number of halogens is 5. The molecule has 10 heteroatoms. The fraction of sp³-hybridized carbons (Fsp3) is 0.136. The molecule has 0 N–H and O–H groups in total. The van der Waals surface area contributed by atoms with Crippen LogP contribution in [0.15, 0.2) is 54.9 Å². The number of carbonyl (C=O) groups excluding carboxylic acids is 1. The van der Waals surface area contributed by atoms with Crippen molar-refractivity contribution < 1.29 is 22.7 Å². The van der Waals surface area contributed by atoms with E-state index in [1.807, 2.05) is 0 Å². The molecule has 4 rings (SSSR count). The fourth-order valence-corrected chi connectivity index (χ4v) is 3.85. The van der Waals surface area contributed by atoms with Crippen molar-refractivity contribution in [3.05, 3.63) is 76.2 Å². The molecule has 32 heavy (non-hydrogen) atoms. The Labute approximate surface area is 190 Å². The van der Waals surface area contributed by atoms with Gasteiger partial charge in [-0.3, -0.25) is 4.98 Å². The monoisotopic (exact) mass is 479 g/mol. The lowest BCUT2D eigenvalue weighted by Crippen LogP contribution is -2.09. The first-order chi connectivity index (χ1) is 15.2. The molecule has 0 aliphatic carbocycles. The minimum atomic E-state index is -4.58. The van der Waals surface area contributed by atoms with Gasteiger partial charge in [-0.15, -0.1) is 0 Å². The van der Waals surface area contributed by atoms with Crippen LogP contribution in [-0.2, 0) is 10.9 Å². The van der Waals surface area contributed by atoms with Gasteiger partial charge in [0.1, 0.15) is 0 Å². The first-order valence-electron chi connectivity index (χ1n) is 9.38. The molecule has 0 spiro atoms. The van der Waals surface area contributed by atoms with Gasteiger partial charge in [0.15, 0.2) is 5.69 Å². The summed E-state index contributed by atoms with van der Waals surface area (Å²) in [4.78, 5) is 16.5. The summed E-state index contributed by atoms with van der Waals surface area (Å²) in [5.74, 6) is -0.693. The van der Waals surface area contributed by atoms with E-state index >= 15 is 0 Å². The Morgan fingerprint density at radius 3 is 2.59 bits per heavy atom. The van der Waals surface area contributed by atoms with Gasteiger partial charge in [0.2, 0.25) is 0 Å². The first kappa shape index (κ1) is 22.1. The van der Waals surface area contributed by atoms with Crippen LogP contribution in [0.5, 0.6) is 0 Å². The normalized spacial score (nSPS) is 11.7. The van der Waals surface area contributed by atoms with Crippen molar-refractivity contribution in [2.75, 3.05) is 6.61 Å². The summed E-state index contributed by atoms with van der Waals surface area (Å²) >= 11 is 12.3. The average Bonchev–Trinajstić information content (AvgIpc) is 3.17. The Balaban J connectivity index is 1.96. The number of pyridine rings is 1. The number of hydrogen-bond donors (Lipinski definition) is 0. The van der Waals surface area contributed by atoms with E-state index in [9.17, 15) is 18.0 Å². The molecule has 0 fully saturated rings. The van der Waals surface area contributed by atoms with Gasteiger partial charge in [-0.05, 0) is 31.2 Å². The van der Waals surface area contributed by atoms with Gasteiger partial charge in [0.05, 0.1) is 28.4 Å². The number of esters is 1. The highest BCUT2D eigenvalue weighted by molar-refractivity contribution is 6.36. The predicted octanol–water partition coefficient (Wildman–Crippen LogP) is 6.59. The van der Waals surface area contributed by atoms with Gasteiger partial charge in [0, 0.05) is 33.9 Å². The van der Waals surface area contributed by atoms with E-state index in [0.29, 0.717) is 21.8 Å². The van der Waals surface area contributed by atoms with E-state index in [4.69, 9.17) is 27.9 Å². The molecule has 2 heterocycles. The third kappa shape index (κ3) is 4.03. The number of rotatable bonds is 4. The lowest BCUT2D eigenvalue weighted by Gasteiger charge is -2.12. The SMILES string of the molecule is CCOC(=O)c1nn(-c2ccnc3c(C(F)(F)F)cccc23)cc1-c1ccc(Cl)cc1Cl. The Bertz CT molecular complexity index is 1340. The van der Waals surface area contributed by atoms with Gasteiger partial charge in [-0.25, -0.2) is 9.48 Å². The molecule has 0 saturated heterocycles. The number of para-hydroxylation sites is 1. The standard InChI is InChI=1S/C22H14Cl2F3N3O2/c1-2-32-21(31)20-15(13-7-6-12(23)10-17(13)24)11-30(29-20)18-8-9-28-19-14(18)4-3-5-16(19)22(25,26)27/h3-11H,2H2,1H3. The molecule has 0 aliphatic rings. The number of aromatic nitrogens is 3. The van der Waals surface area contributed by atoms with Crippen LogP contribution in [0.2, 0.25) is 10.0 Å². The van der Waals surface area contributed by atoms with E-state index in [-0.39, 0.29) is 28.2 Å². The number of carbonyl (C=O) groups is 1. The second-order valence-electron chi connectivity index (χ2n) is 6.71. The van der Waals surface area contributed by atoms with Crippen molar-refractivity contribution in [3.63, 3.8) is 0 Å². The molecule has 0 saturated carbocycles. The molecular formula is C22H14Cl2F3N3O2. The minimum Gasteiger partial charge on any atom is -0.461 e. The quantitative estimate of drug-likeness (QED) is 0.309. The molecule has 0 bridgehead atoms. The largest absolute Gasteiger partial charge is 0.461 e. The maximum absolute atomic E-state index is 13.5. The zero-order valence-electron chi connectivity index (χ0n) is 16.5. The number of nitrogens with zero attached hydrogens (tertiary/aromatic N) is 3. The van der Waals surface area contributed by atoms with Crippen molar-refractivity contribution in [2.45, 2.75) is 13.1 Å². The lowest BCUT2D eigenvalue weighted by atomic mass is 10.1. The maximum Gasteiger partial charge on any atom is 0.418 e. The Morgan fingerprint density at radius 1 is 1.12 bits per heavy atom. The van der Waals surface area contributed by atoms with Crippen molar-refractivity contribution in [2.24, 2.45) is 0 Å². The molecule has 2 aromatic carbocycles.